The third-order valence-electron chi connectivity index (χ3n) is 2.70. The third kappa shape index (κ3) is 2.95. The number of rotatable bonds is 5. The summed E-state index contributed by atoms with van der Waals surface area (Å²) < 4.78 is 5.13. The van der Waals surface area contributed by atoms with Crippen LogP contribution in [0, 0.1) is 0 Å². The molecule has 0 N–H and O–H groups in total. The molecule has 2 aromatic heterocycles. The van der Waals surface area contributed by atoms with Crippen molar-refractivity contribution in [1.82, 2.24) is 15.0 Å². The lowest BCUT2D eigenvalue weighted by Crippen LogP contribution is -2.26. The van der Waals surface area contributed by atoms with Gasteiger partial charge in [-0.2, -0.15) is 16.3 Å². The van der Waals surface area contributed by atoms with Crippen LogP contribution < -0.4 is 0 Å². The number of aromatic nitrogens is 2. The van der Waals surface area contributed by atoms with Crippen molar-refractivity contribution in [2.45, 2.75) is 19.8 Å². The molecular weight excluding hydrogens is 250 g/mol. The maximum absolute atomic E-state index is 11.6. The second kappa shape index (κ2) is 5.77. The van der Waals surface area contributed by atoms with Crippen LogP contribution in [-0.4, -0.2) is 34.5 Å². The monoisotopic (exact) mass is 265 g/mol. The minimum Gasteiger partial charge on any atom is -0.346 e. The summed E-state index contributed by atoms with van der Waals surface area (Å²) in [5, 5.41) is 7.82. The van der Waals surface area contributed by atoms with Crippen molar-refractivity contribution in [3.8, 4) is 11.4 Å². The zero-order chi connectivity index (χ0) is 13.0. The van der Waals surface area contributed by atoms with Crippen LogP contribution >= 0.6 is 11.3 Å². The summed E-state index contributed by atoms with van der Waals surface area (Å²) in [6.07, 6.45) is 0.885. The SMILES string of the molecule is CCN(C)C(=O)CCc1nc(-c2ccsc2)no1. The molecule has 0 spiro atoms. The molecule has 0 atom stereocenters. The molecule has 2 rings (SSSR count). The Kier molecular flexibility index (Phi) is 4.09. The Hall–Kier alpha value is -1.69. The highest BCUT2D eigenvalue weighted by Crippen LogP contribution is 2.18. The van der Waals surface area contributed by atoms with Crippen molar-refractivity contribution in [2.75, 3.05) is 13.6 Å². The van der Waals surface area contributed by atoms with Crippen LogP contribution in [0.1, 0.15) is 19.2 Å². The first-order valence-corrected chi connectivity index (χ1v) is 6.74. The molecule has 0 aliphatic rings. The Morgan fingerprint density at radius 3 is 3.06 bits per heavy atom. The molecule has 5 nitrogen and oxygen atoms in total. The number of hydrogen-bond donors (Lipinski definition) is 0. The van der Waals surface area contributed by atoms with Gasteiger partial charge in [0.25, 0.3) is 0 Å². The summed E-state index contributed by atoms with van der Waals surface area (Å²) in [6.45, 7) is 2.65. The fourth-order valence-corrected chi connectivity index (χ4v) is 2.08. The molecule has 0 radical (unpaired) electrons. The Labute approximate surface area is 109 Å². The summed E-state index contributed by atoms with van der Waals surface area (Å²) in [5.74, 6) is 1.18. The molecule has 96 valence electrons. The average molecular weight is 265 g/mol. The van der Waals surface area contributed by atoms with Gasteiger partial charge in [-0.15, -0.1) is 0 Å². The second-order valence-corrected chi connectivity index (χ2v) is 4.71. The van der Waals surface area contributed by atoms with E-state index in [1.807, 2.05) is 23.8 Å². The quantitative estimate of drug-likeness (QED) is 0.831. The van der Waals surface area contributed by atoms with Crippen LogP contribution in [0.15, 0.2) is 21.3 Å². The molecule has 0 aliphatic carbocycles. The van der Waals surface area contributed by atoms with Gasteiger partial charge in [-0.05, 0) is 18.4 Å². The Morgan fingerprint density at radius 1 is 1.56 bits per heavy atom. The highest BCUT2D eigenvalue weighted by Gasteiger charge is 2.12. The largest absolute Gasteiger partial charge is 0.346 e. The first-order chi connectivity index (χ1) is 8.70. The molecular formula is C12H15N3O2S. The van der Waals surface area contributed by atoms with Crippen LogP contribution in [0.25, 0.3) is 11.4 Å². The summed E-state index contributed by atoms with van der Waals surface area (Å²) in [6, 6.07) is 1.94. The van der Waals surface area contributed by atoms with E-state index in [2.05, 4.69) is 10.1 Å². The molecule has 2 aromatic rings. The van der Waals surface area contributed by atoms with Crippen molar-refractivity contribution < 1.29 is 9.32 Å². The van der Waals surface area contributed by atoms with Gasteiger partial charge < -0.3 is 9.42 Å². The molecule has 0 unspecified atom stereocenters. The minimum atomic E-state index is 0.0905. The Bertz CT molecular complexity index is 507. The van der Waals surface area contributed by atoms with Crippen LogP contribution in [-0.2, 0) is 11.2 Å². The van der Waals surface area contributed by atoms with Gasteiger partial charge in [-0.3, -0.25) is 4.79 Å². The highest BCUT2D eigenvalue weighted by molar-refractivity contribution is 7.08. The van der Waals surface area contributed by atoms with E-state index in [-0.39, 0.29) is 5.91 Å². The van der Waals surface area contributed by atoms with E-state index in [1.54, 1.807) is 23.3 Å². The van der Waals surface area contributed by atoms with Gasteiger partial charge in [-0.1, -0.05) is 5.16 Å². The van der Waals surface area contributed by atoms with E-state index in [9.17, 15) is 4.79 Å². The Morgan fingerprint density at radius 2 is 2.39 bits per heavy atom. The normalized spacial score (nSPS) is 10.6. The molecule has 1 amide bonds. The van der Waals surface area contributed by atoms with Crippen LogP contribution in [0.5, 0.6) is 0 Å². The van der Waals surface area contributed by atoms with Gasteiger partial charge in [0.05, 0.1) is 0 Å². The first-order valence-electron chi connectivity index (χ1n) is 5.79. The fourth-order valence-electron chi connectivity index (χ4n) is 1.45. The predicted molar refractivity (Wildman–Crippen MR) is 69.2 cm³/mol. The molecule has 0 aliphatic heterocycles. The number of aryl methyl sites for hydroxylation is 1. The molecule has 6 heteroatoms. The van der Waals surface area contributed by atoms with Gasteiger partial charge in [0, 0.05) is 37.4 Å². The van der Waals surface area contributed by atoms with Gasteiger partial charge in [0.2, 0.25) is 17.6 Å². The van der Waals surface area contributed by atoms with Gasteiger partial charge in [-0.25, -0.2) is 0 Å². The lowest BCUT2D eigenvalue weighted by molar-refractivity contribution is -0.129. The number of amides is 1. The lowest BCUT2D eigenvalue weighted by atomic mass is 10.3. The van der Waals surface area contributed by atoms with Crippen molar-refractivity contribution >= 4 is 17.2 Å². The summed E-state index contributed by atoms with van der Waals surface area (Å²) in [5.41, 5.74) is 0.951. The van der Waals surface area contributed by atoms with Crippen molar-refractivity contribution in [2.24, 2.45) is 0 Å². The van der Waals surface area contributed by atoms with Crippen molar-refractivity contribution in [3.63, 3.8) is 0 Å². The molecule has 18 heavy (non-hydrogen) atoms. The summed E-state index contributed by atoms with van der Waals surface area (Å²) in [7, 11) is 1.78. The number of nitrogens with zero attached hydrogens (tertiary/aromatic N) is 3. The topological polar surface area (TPSA) is 59.2 Å². The van der Waals surface area contributed by atoms with E-state index in [0.29, 0.717) is 31.1 Å². The maximum atomic E-state index is 11.6. The third-order valence-corrected chi connectivity index (χ3v) is 3.38. The first kappa shape index (κ1) is 12.8. The minimum absolute atomic E-state index is 0.0905. The number of carbonyl (C=O) groups is 1. The standard InChI is InChI=1S/C12H15N3O2S/c1-3-15(2)11(16)5-4-10-13-12(14-17-10)9-6-7-18-8-9/h6-8H,3-5H2,1-2H3. The van der Waals surface area contributed by atoms with Gasteiger partial charge in [0.15, 0.2) is 0 Å². The molecule has 0 fully saturated rings. The van der Waals surface area contributed by atoms with Crippen LogP contribution in [0.2, 0.25) is 0 Å². The molecule has 0 saturated carbocycles. The maximum Gasteiger partial charge on any atom is 0.227 e. The van der Waals surface area contributed by atoms with Crippen molar-refractivity contribution in [3.05, 3.63) is 22.7 Å². The van der Waals surface area contributed by atoms with E-state index < -0.39 is 0 Å². The molecule has 2 heterocycles. The molecule has 0 aromatic carbocycles. The van der Waals surface area contributed by atoms with Gasteiger partial charge >= 0.3 is 0 Å². The number of thiophene rings is 1. The molecule has 0 bridgehead atoms. The fraction of sp³-hybridized carbons (Fsp3) is 0.417. The van der Waals surface area contributed by atoms with Gasteiger partial charge in [0.1, 0.15) is 0 Å². The predicted octanol–water partition coefficient (Wildman–Crippen LogP) is 2.21. The summed E-state index contributed by atoms with van der Waals surface area (Å²) in [4.78, 5) is 17.6. The second-order valence-electron chi connectivity index (χ2n) is 3.93. The van der Waals surface area contributed by atoms with Crippen LogP contribution in [0.4, 0.5) is 0 Å². The van der Waals surface area contributed by atoms with E-state index in [0.717, 1.165) is 5.56 Å². The van der Waals surface area contributed by atoms with E-state index in [1.165, 1.54) is 0 Å². The van der Waals surface area contributed by atoms with Crippen molar-refractivity contribution in [1.29, 1.82) is 0 Å². The van der Waals surface area contributed by atoms with Crippen LogP contribution in [0.3, 0.4) is 0 Å². The number of carbonyl (C=O) groups excluding carboxylic acids is 1. The van der Waals surface area contributed by atoms with E-state index in [4.69, 9.17) is 4.52 Å². The summed E-state index contributed by atoms with van der Waals surface area (Å²) >= 11 is 1.59. The number of hydrogen-bond acceptors (Lipinski definition) is 5. The zero-order valence-corrected chi connectivity index (χ0v) is 11.2. The average Bonchev–Trinajstić information content (AvgIpc) is 3.04. The highest BCUT2D eigenvalue weighted by atomic mass is 32.1. The Balaban J connectivity index is 1.93. The molecule has 0 saturated heterocycles. The zero-order valence-electron chi connectivity index (χ0n) is 10.4. The smallest absolute Gasteiger partial charge is 0.227 e. The van der Waals surface area contributed by atoms with E-state index >= 15 is 0 Å². The lowest BCUT2D eigenvalue weighted by Gasteiger charge is -2.12.